The number of carbonyl (C=O) groups is 3. The minimum atomic E-state index is -0.975. The normalized spacial score (nSPS) is 24.9. The summed E-state index contributed by atoms with van der Waals surface area (Å²) < 4.78 is 17.2. The van der Waals surface area contributed by atoms with E-state index in [2.05, 4.69) is 10.6 Å². The van der Waals surface area contributed by atoms with Crippen molar-refractivity contribution in [3.8, 4) is 5.75 Å². The number of fused-ring (bicyclic) bond motifs is 1. The first kappa shape index (κ1) is 30.8. The van der Waals surface area contributed by atoms with Crippen molar-refractivity contribution in [2.24, 2.45) is 11.8 Å². The number of hydrogen-bond acceptors (Lipinski definition) is 7. The van der Waals surface area contributed by atoms with Crippen LogP contribution >= 0.6 is 0 Å². The van der Waals surface area contributed by atoms with Gasteiger partial charge in [0.25, 0.3) is 5.91 Å². The van der Waals surface area contributed by atoms with Crippen LogP contribution in [0.15, 0.2) is 18.2 Å². The smallest absolute Gasteiger partial charge is 0.270 e. The van der Waals surface area contributed by atoms with Crippen LogP contribution in [0.2, 0.25) is 0 Å². The Balaban J connectivity index is 1.30. The summed E-state index contributed by atoms with van der Waals surface area (Å²) in [5.74, 6) is -0.0598. The van der Waals surface area contributed by atoms with Crippen molar-refractivity contribution in [2.75, 3.05) is 56.8 Å². The van der Waals surface area contributed by atoms with Gasteiger partial charge in [0.05, 0.1) is 23.1 Å². The zero-order valence-corrected chi connectivity index (χ0v) is 25.7. The minimum absolute atomic E-state index is 0.0151. The highest BCUT2D eigenvalue weighted by Gasteiger charge is 2.43. The molecule has 2 atom stereocenters. The van der Waals surface area contributed by atoms with E-state index in [1.54, 1.807) is 33.0 Å². The second-order valence-electron chi connectivity index (χ2n) is 13.0. The maximum absolute atomic E-state index is 14.1. The van der Waals surface area contributed by atoms with Gasteiger partial charge in [0.15, 0.2) is 5.60 Å². The first-order valence-corrected chi connectivity index (χ1v) is 15.7. The van der Waals surface area contributed by atoms with Crippen LogP contribution in [0.5, 0.6) is 5.75 Å². The van der Waals surface area contributed by atoms with E-state index in [4.69, 9.17) is 14.2 Å². The van der Waals surface area contributed by atoms with Crippen molar-refractivity contribution < 1.29 is 28.6 Å². The van der Waals surface area contributed by atoms with Crippen molar-refractivity contribution in [3.05, 3.63) is 18.2 Å². The standard InChI is InChI=1S/C32H48N4O6/c1-31(2)30(39)35(15-8-16-40-3)26-18-25(11-12-27(26)42-31)36(24-9-10-24)29(38)23-17-22(19-33-20-23)28(37)34-21-32(41-4)13-6-5-7-14-32/h11-12,18,22-24,33H,5-10,13-17,19-21H2,1-4H3,(H,34,37)/t22-,23+/m0/s1. The molecule has 232 valence electrons. The lowest BCUT2D eigenvalue weighted by molar-refractivity contribution is -0.132. The fraction of sp³-hybridized carbons (Fsp3) is 0.719. The highest BCUT2D eigenvalue weighted by molar-refractivity contribution is 6.04. The van der Waals surface area contributed by atoms with Crippen LogP contribution in [0.3, 0.4) is 0 Å². The second-order valence-corrected chi connectivity index (χ2v) is 13.0. The van der Waals surface area contributed by atoms with Crippen molar-refractivity contribution >= 4 is 29.1 Å². The van der Waals surface area contributed by atoms with Crippen LogP contribution in [0, 0.1) is 11.8 Å². The fourth-order valence-corrected chi connectivity index (χ4v) is 6.71. The molecule has 2 N–H and O–H groups in total. The molecule has 0 bridgehead atoms. The van der Waals surface area contributed by atoms with Crippen molar-refractivity contribution in [3.63, 3.8) is 0 Å². The molecular formula is C32H48N4O6. The number of methoxy groups -OCH3 is 2. The van der Waals surface area contributed by atoms with E-state index >= 15 is 0 Å². The topological polar surface area (TPSA) is 109 Å². The average Bonchev–Trinajstić information content (AvgIpc) is 3.84. The number of anilines is 2. The number of benzene rings is 1. The van der Waals surface area contributed by atoms with Crippen LogP contribution in [0.4, 0.5) is 11.4 Å². The molecule has 0 unspecified atom stereocenters. The molecule has 2 saturated carbocycles. The third kappa shape index (κ3) is 6.60. The molecule has 1 saturated heterocycles. The summed E-state index contributed by atoms with van der Waals surface area (Å²) in [6.07, 6.45) is 8.44. The van der Waals surface area contributed by atoms with Gasteiger partial charge < -0.3 is 34.6 Å². The monoisotopic (exact) mass is 584 g/mol. The Kier molecular flexibility index (Phi) is 9.44. The molecule has 3 amide bonds. The summed E-state index contributed by atoms with van der Waals surface area (Å²) in [5, 5.41) is 6.50. The predicted octanol–water partition coefficient (Wildman–Crippen LogP) is 3.41. The summed E-state index contributed by atoms with van der Waals surface area (Å²) in [6.45, 7) is 6.22. The number of nitrogens with one attached hydrogen (secondary N) is 2. The molecular weight excluding hydrogens is 536 g/mol. The summed E-state index contributed by atoms with van der Waals surface area (Å²) in [5.41, 5.74) is 0.190. The highest BCUT2D eigenvalue weighted by Crippen LogP contribution is 2.43. The highest BCUT2D eigenvalue weighted by atomic mass is 16.5. The molecule has 2 aliphatic carbocycles. The molecule has 10 heteroatoms. The SMILES string of the molecule is COCCCN1C(=O)C(C)(C)Oc2ccc(N(C(=O)[C@H]3CNC[C@@H](C(=O)NCC4(OC)CCCCC4)C3)C3CC3)cc21. The molecule has 42 heavy (non-hydrogen) atoms. The first-order valence-electron chi connectivity index (χ1n) is 15.7. The molecule has 3 fully saturated rings. The van der Waals surface area contributed by atoms with Gasteiger partial charge in [-0.2, -0.15) is 0 Å². The second kappa shape index (κ2) is 12.9. The number of carbonyl (C=O) groups excluding carboxylic acids is 3. The zero-order valence-electron chi connectivity index (χ0n) is 25.7. The predicted molar refractivity (Wildman–Crippen MR) is 161 cm³/mol. The van der Waals surface area contributed by atoms with Crippen LogP contribution in [0.25, 0.3) is 0 Å². The van der Waals surface area contributed by atoms with E-state index in [1.807, 2.05) is 23.1 Å². The Morgan fingerprint density at radius 1 is 1.12 bits per heavy atom. The van der Waals surface area contributed by atoms with E-state index in [-0.39, 0.29) is 41.2 Å². The van der Waals surface area contributed by atoms with Crippen LogP contribution in [0.1, 0.15) is 71.6 Å². The lowest BCUT2D eigenvalue weighted by Crippen LogP contribution is -2.53. The lowest BCUT2D eigenvalue weighted by atomic mass is 9.84. The quantitative estimate of drug-likeness (QED) is 0.384. The summed E-state index contributed by atoms with van der Waals surface area (Å²) in [6, 6.07) is 5.83. The van der Waals surface area contributed by atoms with Crippen LogP contribution < -0.4 is 25.2 Å². The Labute approximate surface area is 249 Å². The molecule has 2 aliphatic heterocycles. The van der Waals surface area contributed by atoms with Crippen molar-refractivity contribution in [1.82, 2.24) is 10.6 Å². The molecule has 10 nitrogen and oxygen atoms in total. The Bertz CT molecular complexity index is 1150. The van der Waals surface area contributed by atoms with Gasteiger partial charge in [0.1, 0.15) is 5.75 Å². The fourth-order valence-electron chi connectivity index (χ4n) is 6.71. The number of ether oxygens (including phenoxy) is 3. The molecule has 0 spiro atoms. The third-order valence-corrected chi connectivity index (χ3v) is 9.37. The van der Waals surface area contributed by atoms with Gasteiger partial charge in [-0.15, -0.1) is 0 Å². The van der Waals surface area contributed by atoms with Crippen LogP contribution in [-0.4, -0.2) is 82.0 Å². The number of hydrogen-bond donors (Lipinski definition) is 2. The maximum Gasteiger partial charge on any atom is 0.270 e. The average molecular weight is 585 g/mol. The van der Waals surface area contributed by atoms with Crippen molar-refractivity contribution in [1.29, 1.82) is 0 Å². The zero-order chi connectivity index (χ0) is 29.9. The Morgan fingerprint density at radius 2 is 1.86 bits per heavy atom. The van der Waals surface area contributed by atoms with Gasteiger partial charge in [-0.05, 0) is 70.6 Å². The Morgan fingerprint density at radius 3 is 2.55 bits per heavy atom. The molecule has 5 rings (SSSR count). The van der Waals surface area contributed by atoms with Gasteiger partial charge in [-0.1, -0.05) is 19.3 Å². The number of piperidine rings is 1. The van der Waals surface area contributed by atoms with E-state index < -0.39 is 5.60 Å². The van der Waals surface area contributed by atoms with E-state index in [0.29, 0.717) is 57.1 Å². The Hall–Kier alpha value is -2.69. The van der Waals surface area contributed by atoms with Crippen molar-refractivity contribution in [2.45, 2.75) is 88.9 Å². The van der Waals surface area contributed by atoms with Gasteiger partial charge >= 0.3 is 0 Å². The van der Waals surface area contributed by atoms with Gasteiger partial charge in [0.2, 0.25) is 11.8 Å². The molecule has 1 aromatic rings. The number of amides is 3. The van der Waals surface area contributed by atoms with Crippen LogP contribution in [-0.2, 0) is 23.9 Å². The van der Waals surface area contributed by atoms with Gasteiger partial charge in [-0.3, -0.25) is 14.4 Å². The number of nitrogens with zero attached hydrogens (tertiary/aromatic N) is 2. The lowest BCUT2D eigenvalue weighted by Gasteiger charge is -2.40. The maximum atomic E-state index is 14.1. The molecule has 2 heterocycles. The molecule has 0 radical (unpaired) electrons. The third-order valence-electron chi connectivity index (χ3n) is 9.37. The largest absolute Gasteiger partial charge is 0.476 e. The van der Waals surface area contributed by atoms with Gasteiger partial charge in [-0.25, -0.2) is 0 Å². The number of rotatable bonds is 11. The van der Waals surface area contributed by atoms with Gasteiger partial charge in [0, 0.05) is 58.7 Å². The summed E-state index contributed by atoms with van der Waals surface area (Å²) in [7, 11) is 3.39. The summed E-state index contributed by atoms with van der Waals surface area (Å²) >= 11 is 0. The van der Waals surface area contributed by atoms with E-state index in [1.165, 1.54) is 6.42 Å². The first-order chi connectivity index (χ1) is 20.2. The molecule has 1 aromatic carbocycles. The molecule has 4 aliphatic rings. The van der Waals surface area contributed by atoms with E-state index in [9.17, 15) is 14.4 Å². The minimum Gasteiger partial charge on any atom is -0.476 e. The molecule has 0 aromatic heterocycles. The van der Waals surface area contributed by atoms with E-state index in [0.717, 1.165) is 44.2 Å². The summed E-state index contributed by atoms with van der Waals surface area (Å²) in [4.78, 5) is 44.3.